The first-order chi connectivity index (χ1) is 9.49. The maximum absolute atomic E-state index is 11.9. The number of hydrogen-bond acceptors (Lipinski definition) is 4. The van der Waals surface area contributed by atoms with Gasteiger partial charge in [0.25, 0.3) is 5.56 Å². The van der Waals surface area contributed by atoms with Crippen molar-refractivity contribution in [2.24, 2.45) is 0 Å². The Labute approximate surface area is 122 Å². The van der Waals surface area contributed by atoms with E-state index in [0.29, 0.717) is 6.61 Å². The summed E-state index contributed by atoms with van der Waals surface area (Å²) in [7, 11) is -3.68. The maximum Gasteiger partial charge on any atom is 0.266 e. The lowest BCUT2D eigenvalue weighted by Crippen LogP contribution is -2.29. The lowest BCUT2D eigenvalue weighted by atomic mass is 10.3. The summed E-state index contributed by atoms with van der Waals surface area (Å²) in [5, 5.41) is -0.157. The topological polar surface area (TPSA) is 88.3 Å². The fourth-order valence-electron chi connectivity index (χ4n) is 2.13. The highest BCUT2D eigenvalue weighted by atomic mass is 35.5. The van der Waals surface area contributed by atoms with E-state index in [9.17, 15) is 13.2 Å². The van der Waals surface area contributed by atoms with Crippen LogP contribution >= 0.6 is 11.6 Å². The van der Waals surface area contributed by atoms with E-state index in [2.05, 4.69) is 9.71 Å². The van der Waals surface area contributed by atoms with Crippen molar-refractivity contribution in [3.63, 3.8) is 0 Å². The van der Waals surface area contributed by atoms with Gasteiger partial charge in [-0.25, -0.2) is 13.1 Å². The van der Waals surface area contributed by atoms with Gasteiger partial charge >= 0.3 is 0 Å². The van der Waals surface area contributed by atoms with Crippen LogP contribution in [0.15, 0.2) is 22.0 Å². The molecule has 0 atom stereocenters. The second-order valence-electron chi connectivity index (χ2n) is 4.69. The minimum absolute atomic E-state index is 0.0667. The highest BCUT2D eigenvalue weighted by Gasteiger charge is 2.17. The second-order valence-corrected chi connectivity index (χ2v) is 6.86. The zero-order valence-corrected chi connectivity index (χ0v) is 12.5. The SMILES string of the molecule is O=c1[nH]cc(S(=O)(=O)NCCOC2CCCC2)cc1Cl. The Morgan fingerprint density at radius 3 is 2.75 bits per heavy atom. The van der Waals surface area contributed by atoms with Crippen LogP contribution in [0.25, 0.3) is 0 Å². The van der Waals surface area contributed by atoms with Crippen LogP contribution in [0.4, 0.5) is 0 Å². The van der Waals surface area contributed by atoms with Crippen LogP contribution in [0.5, 0.6) is 0 Å². The van der Waals surface area contributed by atoms with Crippen molar-refractivity contribution >= 4 is 21.6 Å². The van der Waals surface area contributed by atoms with Crippen LogP contribution in [-0.4, -0.2) is 32.7 Å². The van der Waals surface area contributed by atoms with E-state index in [1.807, 2.05) is 0 Å². The Bertz CT molecular complexity index is 608. The largest absolute Gasteiger partial charge is 0.377 e. The van der Waals surface area contributed by atoms with E-state index >= 15 is 0 Å². The Balaban J connectivity index is 1.86. The van der Waals surface area contributed by atoms with Crippen LogP contribution in [0.3, 0.4) is 0 Å². The minimum atomic E-state index is -3.68. The van der Waals surface area contributed by atoms with Gasteiger partial charge in [0, 0.05) is 12.7 Å². The molecule has 1 aromatic heterocycles. The van der Waals surface area contributed by atoms with Gasteiger partial charge in [-0.3, -0.25) is 4.79 Å². The predicted octanol–water partition coefficient (Wildman–Crippen LogP) is 1.27. The summed E-state index contributed by atoms with van der Waals surface area (Å²) < 4.78 is 31.9. The smallest absolute Gasteiger partial charge is 0.266 e. The van der Waals surface area contributed by atoms with Gasteiger partial charge < -0.3 is 9.72 Å². The molecule has 0 spiro atoms. The number of ether oxygens (including phenoxy) is 1. The molecular weight excluding hydrogens is 304 g/mol. The van der Waals surface area contributed by atoms with Crippen LogP contribution in [-0.2, 0) is 14.8 Å². The van der Waals surface area contributed by atoms with Crippen LogP contribution in [0, 0.1) is 0 Å². The van der Waals surface area contributed by atoms with Crippen molar-refractivity contribution in [2.75, 3.05) is 13.2 Å². The van der Waals surface area contributed by atoms with Crippen LogP contribution in [0.2, 0.25) is 5.02 Å². The summed E-state index contributed by atoms with van der Waals surface area (Å²) in [6.45, 7) is 0.524. The van der Waals surface area contributed by atoms with E-state index < -0.39 is 15.6 Å². The molecule has 1 aromatic rings. The summed E-state index contributed by atoms with van der Waals surface area (Å²) in [4.78, 5) is 13.3. The molecule has 0 aromatic carbocycles. The van der Waals surface area contributed by atoms with E-state index in [4.69, 9.17) is 16.3 Å². The molecule has 0 bridgehead atoms. The minimum Gasteiger partial charge on any atom is -0.377 e. The van der Waals surface area contributed by atoms with Crippen molar-refractivity contribution in [3.8, 4) is 0 Å². The van der Waals surface area contributed by atoms with Crippen molar-refractivity contribution < 1.29 is 13.2 Å². The number of sulfonamides is 1. The highest BCUT2D eigenvalue weighted by molar-refractivity contribution is 7.89. The standard InChI is InChI=1S/C12H17ClN2O4S/c13-11-7-10(8-14-12(11)16)20(17,18)15-5-6-19-9-3-1-2-4-9/h7-9,15H,1-6H2,(H,14,16). The van der Waals surface area contributed by atoms with Gasteiger partial charge in [-0.1, -0.05) is 24.4 Å². The van der Waals surface area contributed by atoms with Gasteiger partial charge in [-0.15, -0.1) is 0 Å². The molecule has 1 heterocycles. The summed E-state index contributed by atoms with van der Waals surface area (Å²) >= 11 is 5.61. The van der Waals surface area contributed by atoms with Gasteiger partial charge in [-0.05, 0) is 18.9 Å². The number of H-pyrrole nitrogens is 1. The fourth-order valence-corrected chi connectivity index (χ4v) is 3.38. The van der Waals surface area contributed by atoms with Crippen LogP contribution in [0.1, 0.15) is 25.7 Å². The molecular formula is C12H17ClN2O4S. The number of pyridine rings is 1. The first kappa shape index (κ1) is 15.5. The second kappa shape index (κ2) is 6.71. The zero-order chi connectivity index (χ0) is 14.6. The quantitative estimate of drug-likeness (QED) is 0.772. The average molecular weight is 321 g/mol. The molecule has 6 nitrogen and oxygen atoms in total. The van der Waals surface area contributed by atoms with Crippen molar-refractivity contribution in [1.82, 2.24) is 9.71 Å². The molecule has 2 rings (SSSR count). The Kier molecular flexibility index (Phi) is 5.20. The van der Waals surface area contributed by atoms with E-state index in [-0.39, 0.29) is 22.6 Å². The molecule has 20 heavy (non-hydrogen) atoms. The van der Waals surface area contributed by atoms with E-state index in [1.165, 1.54) is 12.8 Å². The van der Waals surface area contributed by atoms with Gasteiger partial charge in [-0.2, -0.15) is 0 Å². The molecule has 8 heteroatoms. The molecule has 1 aliphatic carbocycles. The lowest BCUT2D eigenvalue weighted by molar-refractivity contribution is 0.0626. The number of hydrogen-bond donors (Lipinski definition) is 2. The third-order valence-corrected chi connectivity index (χ3v) is 4.91. The third kappa shape index (κ3) is 4.05. The monoisotopic (exact) mass is 320 g/mol. The summed E-state index contributed by atoms with van der Waals surface area (Å²) in [5.41, 5.74) is -0.518. The summed E-state index contributed by atoms with van der Waals surface area (Å²) in [6.07, 6.45) is 5.80. The first-order valence-corrected chi connectivity index (χ1v) is 8.34. The van der Waals surface area contributed by atoms with Crippen molar-refractivity contribution in [2.45, 2.75) is 36.7 Å². The maximum atomic E-state index is 11.9. The Hall–Kier alpha value is -0.890. The van der Waals surface area contributed by atoms with Gasteiger partial charge in [0.1, 0.15) is 5.02 Å². The first-order valence-electron chi connectivity index (χ1n) is 6.48. The van der Waals surface area contributed by atoms with Crippen molar-refractivity contribution in [3.05, 3.63) is 27.6 Å². The van der Waals surface area contributed by atoms with E-state index in [0.717, 1.165) is 25.1 Å². The lowest BCUT2D eigenvalue weighted by Gasteiger charge is -2.11. The molecule has 0 amide bonds. The molecule has 2 N–H and O–H groups in total. The van der Waals surface area contributed by atoms with Gasteiger partial charge in [0.05, 0.1) is 17.6 Å². The molecule has 0 unspecified atom stereocenters. The number of rotatable bonds is 6. The van der Waals surface area contributed by atoms with Crippen LogP contribution < -0.4 is 10.3 Å². The predicted molar refractivity (Wildman–Crippen MR) is 75.5 cm³/mol. The highest BCUT2D eigenvalue weighted by Crippen LogP contribution is 2.20. The number of aromatic amines is 1. The number of aromatic nitrogens is 1. The van der Waals surface area contributed by atoms with E-state index in [1.54, 1.807) is 0 Å². The molecule has 0 radical (unpaired) electrons. The van der Waals surface area contributed by atoms with Gasteiger partial charge in [0.2, 0.25) is 10.0 Å². The summed E-state index contributed by atoms with van der Waals surface area (Å²) in [5.74, 6) is 0. The van der Waals surface area contributed by atoms with Crippen molar-refractivity contribution in [1.29, 1.82) is 0 Å². The zero-order valence-electron chi connectivity index (χ0n) is 10.9. The Morgan fingerprint density at radius 1 is 1.40 bits per heavy atom. The third-order valence-electron chi connectivity index (χ3n) is 3.19. The van der Waals surface area contributed by atoms with Gasteiger partial charge in [0.15, 0.2) is 0 Å². The number of nitrogens with one attached hydrogen (secondary N) is 2. The normalized spacial score (nSPS) is 16.6. The number of halogens is 1. The molecule has 1 aliphatic rings. The molecule has 0 aliphatic heterocycles. The molecule has 0 saturated heterocycles. The summed E-state index contributed by atoms with van der Waals surface area (Å²) in [6, 6.07) is 1.13. The molecule has 1 saturated carbocycles. The molecule has 1 fully saturated rings. The molecule has 112 valence electrons. The Morgan fingerprint density at radius 2 is 2.10 bits per heavy atom. The fraction of sp³-hybridized carbons (Fsp3) is 0.583. The average Bonchev–Trinajstić information content (AvgIpc) is 2.91.